The molecule has 0 aliphatic rings. The molecule has 5 aromatic carbocycles. The van der Waals surface area contributed by atoms with Gasteiger partial charge in [-0.25, -0.2) is 39.1 Å². The zero-order chi connectivity index (χ0) is 48.5. The average molecular weight is 1020 g/mol. The smallest absolute Gasteiger partial charge is 0.347 e. The number of thiophene rings is 4. The van der Waals surface area contributed by atoms with Gasteiger partial charge in [-0.1, -0.05) is 72.8 Å². The lowest BCUT2D eigenvalue weighted by Crippen LogP contribution is -2.03. The van der Waals surface area contributed by atoms with Gasteiger partial charge in [0.15, 0.2) is 0 Å². The van der Waals surface area contributed by atoms with Gasteiger partial charge in [-0.05, 0) is 108 Å². The standard InChI is InChI=1S/C56H30N4O8S4/c61-53-31-9-1-5-13-35(31)57-49(65-53)43-25-21-39(69-43)47(40-22-26-44(70-40)50-58-36-14-6-2-10-32(36)54(62)66-50)29-17-19-30(20-18-29)48(41-23-27-45(71-41)51-59-37-15-7-3-11-33(37)55(63)67-51)42-24-28-46(72-42)52-60-38-16-8-4-12-34(38)56(64)68-52/h1-28,47-48H. The van der Waals surface area contributed by atoms with E-state index in [-0.39, 0.29) is 35.4 Å². The van der Waals surface area contributed by atoms with E-state index < -0.39 is 22.5 Å². The molecule has 12 nitrogen and oxygen atoms in total. The topological polar surface area (TPSA) is 172 Å². The van der Waals surface area contributed by atoms with Crippen molar-refractivity contribution >= 4 is 89.0 Å². The Balaban J connectivity index is 0.921. The van der Waals surface area contributed by atoms with Gasteiger partial charge in [-0.3, -0.25) is 0 Å². The molecule has 0 bridgehead atoms. The number of aromatic nitrogens is 4. The van der Waals surface area contributed by atoms with E-state index in [2.05, 4.69) is 24.3 Å². The van der Waals surface area contributed by atoms with Gasteiger partial charge in [0.1, 0.15) is 0 Å². The fraction of sp³-hybridized carbons (Fsp3) is 0.0357. The predicted molar refractivity (Wildman–Crippen MR) is 283 cm³/mol. The van der Waals surface area contributed by atoms with Crippen molar-refractivity contribution in [2.75, 3.05) is 0 Å². The number of rotatable bonds is 10. The van der Waals surface area contributed by atoms with Crippen molar-refractivity contribution in [1.82, 2.24) is 19.9 Å². The van der Waals surface area contributed by atoms with Crippen molar-refractivity contribution in [1.29, 1.82) is 0 Å². The molecule has 13 rings (SSSR count). The number of para-hydroxylation sites is 4. The van der Waals surface area contributed by atoms with Crippen molar-refractivity contribution in [2.45, 2.75) is 11.8 Å². The van der Waals surface area contributed by atoms with Crippen LogP contribution in [0.3, 0.4) is 0 Å². The van der Waals surface area contributed by atoms with Crippen molar-refractivity contribution < 1.29 is 17.7 Å². The van der Waals surface area contributed by atoms with Crippen LogP contribution in [0.1, 0.15) is 42.5 Å². The lowest BCUT2D eigenvalue weighted by molar-refractivity contribution is 0.519. The molecule has 0 saturated heterocycles. The Kier molecular flexibility index (Phi) is 10.7. The van der Waals surface area contributed by atoms with Crippen LogP contribution in [0.2, 0.25) is 0 Å². The first-order chi connectivity index (χ1) is 35.3. The van der Waals surface area contributed by atoms with Gasteiger partial charge in [0.25, 0.3) is 0 Å². The normalized spacial score (nSPS) is 11.8. The molecule has 16 heteroatoms. The highest BCUT2D eigenvalue weighted by atomic mass is 32.1. The van der Waals surface area contributed by atoms with Crippen LogP contribution in [-0.2, 0) is 0 Å². The summed E-state index contributed by atoms with van der Waals surface area (Å²) in [7, 11) is 0. The van der Waals surface area contributed by atoms with Crippen LogP contribution >= 0.6 is 45.3 Å². The molecule has 0 N–H and O–H groups in total. The van der Waals surface area contributed by atoms with Crippen LogP contribution in [0.15, 0.2) is 207 Å². The molecule has 0 unspecified atom stereocenters. The summed E-state index contributed by atoms with van der Waals surface area (Å²) < 4.78 is 23.1. The molecule has 0 aliphatic carbocycles. The fourth-order valence-corrected chi connectivity index (χ4v) is 13.3. The monoisotopic (exact) mass is 1010 g/mol. The highest BCUT2D eigenvalue weighted by molar-refractivity contribution is 7.17. The summed E-state index contributed by atoms with van der Waals surface area (Å²) >= 11 is 5.88. The van der Waals surface area contributed by atoms with Gasteiger partial charge in [0.05, 0.1) is 75.0 Å². The first kappa shape index (κ1) is 43.5. The zero-order valence-electron chi connectivity index (χ0n) is 37.0. The molecule has 8 heterocycles. The molecule has 13 aromatic rings. The maximum absolute atomic E-state index is 13.1. The second kappa shape index (κ2) is 17.7. The number of hydrogen-bond acceptors (Lipinski definition) is 16. The van der Waals surface area contributed by atoms with Crippen LogP contribution in [0.5, 0.6) is 0 Å². The molecule has 0 spiro atoms. The van der Waals surface area contributed by atoms with E-state index in [1.165, 1.54) is 45.3 Å². The molecule has 0 fully saturated rings. The molecule has 0 aliphatic heterocycles. The summed E-state index contributed by atoms with van der Waals surface area (Å²) in [6.45, 7) is 0. The summed E-state index contributed by atoms with van der Waals surface area (Å²) in [5, 5.41) is 1.61. The Morgan fingerprint density at radius 3 is 0.778 bits per heavy atom. The average Bonchev–Trinajstić information content (AvgIpc) is 4.27. The maximum Gasteiger partial charge on any atom is 0.347 e. The second-order valence-corrected chi connectivity index (χ2v) is 21.1. The van der Waals surface area contributed by atoms with Crippen molar-refractivity contribution in [3.05, 3.63) is 242 Å². The Morgan fingerprint density at radius 1 is 0.292 bits per heavy atom. The molecular weight excluding hydrogens is 985 g/mol. The third-order valence-electron chi connectivity index (χ3n) is 12.2. The third kappa shape index (κ3) is 7.82. The predicted octanol–water partition coefficient (Wildman–Crippen LogP) is 13.0. The molecule has 346 valence electrons. The van der Waals surface area contributed by atoms with Crippen LogP contribution in [0, 0.1) is 0 Å². The number of nitrogens with zero attached hydrogens (tertiary/aromatic N) is 4. The summed E-state index contributed by atoms with van der Waals surface area (Å²) in [5.41, 5.74) is 2.22. The zero-order valence-corrected chi connectivity index (χ0v) is 40.3. The van der Waals surface area contributed by atoms with Gasteiger partial charge < -0.3 is 17.7 Å². The number of hydrogen-bond donors (Lipinski definition) is 0. The first-order valence-electron chi connectivity index (χ1n) is 22.4. The van der Waals surface area contributed by atoms with Crippen molar-refractivity contribution in [3.8, 4) is 43.1 Å². The van der Waals surface area contributed by atoms with Crippen LogP contribution in [-0.4, -0.2) is 19.9 Å². The molecule has 72 heavy (non-hydrogen) atoms. The second-order valence-electron chi connectivity index (χ2n) is 16.6. The summed E-state index contributed by atoms with van der Waals surface area (Å²) in [6.07, 6.45) is 0. The molecule has 0 amide bonds. The van der Waals surface area contributed by atoms with E-state index in [0.717, 1.165) is 30.6 Å². The highest BCUT2D eigenvalue weighted by Crippen LogP contribution is 2.46. The Hall–Kier alpha value is -8.54. The van der Waals surface area contributed by atoms with Crippen LogP contribution < -0.4 is 22.5 Å². The summed E-state index contributed by atoms with van der Waals surface area (Å²) in [4.78, 5) is 77.7. The van der Waals surface area contributed by atoms with E-state index in [9.17, 15) is 19.2 Å². The molecular formula is C56H30N4O8S4. The molecule has 0 radical (unpaired) electrons. The maximum atomic E-state index is 13.1. The Labute approximate surface area is 421 Å². The Bertz CT molecular complexity index is 3950. The van der Waals surface area contributed by atoms with Gasteiger partial charge in [-0.2, -0.15) is 0 Å². The van der Waals surface area contributed by atoms with Crippen LogP contribution in [0.4, 0.5) is 0 Å². The minimum Gasteiger partial charge on any atom is -0.402 e. The SMILES string of the molecule is O=c1oc(-c2ccc(C(c3ccc(C(c4ccc(-c5nc6ccccc6c(=O)o5)s4)c4ccc(-c5nc6ccccc6c(=O)o5)s4)cc3)c3ccc(-c4nc5ccccc5c(=O)o4)s3)s2)nc2ccccc12. The molecule has 0 saturated carbocycles. The highest BCUT2D eigenvalue weighted by Gasteiger charge is 2.27. The van der Waals surface area contributed by atoms with E-state index >= 15 is 0 Å². The molecule has 8 aromatic heterocycles. The summed E-state index contributed by atoms with van der Waals surface area (Å²) in [5.74, 6) is 0.260. The number of benzene rings is 5. The van der Waals surface area contributed by atoms with Gasteiger partial charge in [-0.15, -0.1) is 45.3 Å². The quantitative estimate of drug-likeness (QED) is 0.127. The van der Waals surface area contributed by atoms with Gasteiger partial charge in [0.2, 0.25) is 23.6 Å². The minimum atomic E-state index is -0.466. The third-order valence-corrected chi connectivity index (χ3v) is 16.8. The van der Waals surface area contributed by atoms with E-state index in [0.29, 0.717) is 63.1 Å². The fourth-order valence-electron chi connectivity index (χ4n) is 8.81. The van der Waals surface area contributed by atoms with Crippen LogP contribution in [0.25, 0.3) is 86.7 Å². The van der Waals surface area contributed by atoms with Crippen molar-refractivity contribution in [3.63, 3.8) is 0 Å². The van der Waals surface area contributed by atoms with E-state index in [1.54, 1.807) is 72.8 Å². The van der Waals surface area contributed by atoms with Gasteiger partial charge >= 0.3 is 22.5 Å². The molecule has 0 atom stereocenters. The Morgan fingerprint density at radius 2 is 0.528 bits per heavy atom. The lowest BCUT2D eigenvalue weighted by atomic mass is 9.90. The number of fused-ring (bicyclic) bond motifs is 4. The first-order valence-corrected chi connectivity index (χ1v) is 25.6. The van der Waals surface area contributed by atoms with Gasteiger partial charge in [0, 0.05) is 19.5 Å². The van der Waals surface area contributed by atoms with E-state index in [4.69, 9.17) is 37.6 Å². The summed E-state index contributed by atoms with van der Waals surface area (Å²) in [6, 6.07) is 52.5. The largest absolute Gasteiger partial charge is 0.402 e. The van der Waals surface area contributed by atoms with Crippen molar-refractivity contribution in [2.24, 2.45) is 0 Å². The minimum absolute atomic E-state index is 0.225. The van der Waals surface area contributed by atoms with E-state index in [1.807, 2.05) is 72.8 Å². The lowest BCUT2D eigenvalue weighted by Gasteiger charge is -2.18.